The fraction of sp³-hybridized carbons (Fsp3) is 0.562. The molecule has 2 aromatic heterocycles. The van der Waals surface area contributed by atoms with Gasteiger partial charge in [-0.1, -0.05) is 31.0 Å². The molecule has 3 rings (SSSR count). The second-order valence-electron chi connectivity index (χ2n) is 6.23. The van der Waals surface area contributed by atoms with Gasteiger partial charge in [0.15, 0.2) is 10.8 Å². The largest absolute Gasteiger partial charge is 0.417 e. The van der Waals surface area contributed by atoms with Gasteiger partial charge in [0.05, 0.1) is 10.8 Å². The Bertz CT molecular complexity index is 755. The van der Waals surface area contributed by atoms with E-state index in [0.717, 1.165) is 49.7 Å². The lowest BCUT2D eigenvalue weighted by molar-refractivity contribution is -0.137. The molecule has 0 bridgehead atoms. The molecule has 2 aromatic rings. The average Bonchev–Trinajstić information content (AvgIpc) is 2.97. The molecule has 1 unspecified atom stereocenters. The Kier molecular flexibility index (Phi) is 5.21. The van der Waals surface area contributed by atoms with Gasteiger partial charge in [0.1, 0.15) is 0 Å². The molecule has 9 heteroatoms. The number of halogens is 3. The number of nitrogens with zero attached hydrogens (tertiary/aromatic N) is 3. The zero-order valence-electron chi connectivity index (χ0n) is 13.7. The molecule has 1 amide bonds. The molecule has 1 atom stereocenters. The smallest absolute Gasteiger partial charge is 0.352 e. The van der Waals surface area contributed by atoms with E-state index in [4.69, 9.17) is 0 Å². The van der Waals surface area contributed by atoms with Gasteiger partial charge in [-0.15, -0.1) is 10.2 Å². The monoisotopic (exact) mass is 372 g/mol. The zero-order valence-corrected chi connectivity index (χ0v) is 14.5. The molecule has 1 fully saturated rings. The van der Waals surface area contributed by atoms with Gasteiger partial charge in [-0.2, -0.15) is 13.2 Å². The third-order valence-corrected chi connectivity index (χ3v) is 5.36. The minimum absolute atomic E-state index is 0.124. The van der Waals surface area contributed by atoms with Crippen molar-refractivity contribution in [1.29, 1.82) is 0 Å². The topological polar surface area (TPSA) is 59.3 Å². The number of rotatable bonds is 4. The van der Waals surface area contributed by atoms with E-state index in [1.165, 1.54) is 16.9 Å². The number of hydrogen-bond acceptors (Lipinski definition) is 4. The van der Waals surface area contributed by atoms with Crippen LogP contribution in [0.5, 0.6) is 0 Å². The van der Waals surface area contributed by atoms with Crippen molar-refractivity contribution in [2.75, 3.05) is 0 Å². The molecular formula is C16H19F3N4OS. The number of carbonyl (C=O) groups is 1. The molecule has 25 heavy (non-hydrogen) atoms. The molecule has 1 saturated carbocycles. The van der Waals surface area contributed by atoms with Crippen molar-refractivity contribution in [3.05, 3.63) is 23.9 Å². The van der Waals surface area contributed by atoms with Crippen LogP contribution in [0, 0.1) is 0 Å². The maximum atomic E-state index is 12.9. The van der Waals surface area contributed by atoms with Crippen molar-refractivity contribution < 1.29 is 18.0 Å². The molecule has 0 radical (unpaired) electrons. The molecule has 1 aliphatic carbocycles. The number of nitrogens with one attached hydrogen (secondary N) is 1. The summed E-state index contributed by atoms with van der Waals surface area (Å²) in [6.07, 6.45) is 1.90. The lowest BCUT2D eigenvalue weighted by atomic mass is 9.95. The van der Waals surface area contributed by atoms with E-state index in [-0.39, 0.29) is 17.1 Å². The predicted octanol–water partition coefficient (Wildman–Crippen LogP) is 3.68. The second kappa shape index (κ2) is 7.23. The van der Waals surface area contributed by atoms with Gasteiger partial charge in [0, 0.05) is 12.2 Å². The fourth-order valence-electron chi connectivity index (χ4n) is 2.89. The van der Waals surface area contributed by atoms with Crippen LogP contribution >= 0.6 is 11.8 Å². The molecular weight excluding hydrogens is 353 g/mol. The van der Waals surface area contributed by atoms with Crippen molar-refractivity contribution >= 4 is 23.3 Å². The molecule has 2 heterocycles. The minimum Gasteiger partial charge on any atom is -0.352 e. The van der Waals surface area contributed by atoms with Crippen LogP contribution in [0.2, 0.25) is 0 Å². The summed E-state index contributed by atoms with van der Waals surface area (Å²) in [6.45, 7) is 1.72. The molecule has 0 aromatic carbocycles. The van der Waals surface area contributed by atoms with E-state index in [1.807, 2.05) is 0 Å². The molecule has 1 N–H and O–H groups in total. The first-order valence-electron chi connectivity index (χ1n) is 8.23. The Hall–Kier alpha value is -1.77. The van der Waals surface area contributed by atoms with Crippen LogP contribution in [0.4, 0.5) is 13.2 Å². The number of aromatic nitrogens is 3. The molecule has 0 spiro atoms. The first-order chi connectivity index (χ1) is 11.8. The standard InChI is InChI=1S/C16H19F3N4OS/c1-10(14(24)20-12-5-3-2-4-6-12)25-15-22-21-13-8-7-11(9-23(13)15)16(17,18)19/h7-10,12H,2-6H2,1H3,(H,20,24). The van der Waals surface area contributed by atoms with Crippen molar-refractivity contribution in [3.63, 3.8) is 0 Å². The van der Waals surface area contributed by atoms with Gasteiger partial charge in [0.2, 0.25) is 5.91 Å². The maximum Gasteiger partial charge on any atom is 0.417 e. The van der Waals surface area contributed by atoms with E-state index < -0.39 is 17.0 Å². The highest BCUT2D eigenvalue weighted by molar-refractivity contribution is 8.00. The number of amides is 1. The van der Waals surface area contributed by atoms with E-state index >= 15 is 0 Å². The van der Waals surface area contributed by atoms with Crippen LogP contribution in [0.25, 0.3) is 5.65 Å². The second-order valence-corrected chi connectivity index (χ2v) is 7.54. The SMILES string of the molecule is CC(Sc1nnc2ccc(C(F)(F)F)cn12)C(=O)NC1CCCCC1. The van der Waals surface area contributed by atoms with Crippen molar-refractivity contribution in [1.82, 2.24) is 19.9 Å². The highest BCUT2D eigenvalue weighted by Gasteiger charge is 2.31. The predicted molar refractivity (Wildman–Crippen MR) is 88.3 cm³/mol. The Morgan fingerprint density at radius 3 is 2.68 bits per heavy atom. The lowest BCUT2D eigenvalue weighted by Crippen LogP contribution is -2.40. The number of thioether (sulfide) groups is 1. The Morgan fingerprint density at radius 2 is 2.00 bits per heavy atom. The van der Waals surface area contributed by atoms with Crippen LogP contribution in [-0.2, 0) is 11.0 Å². The number of fused-ring (bicyclic) bond motifs is 1. The molecule has 5 nitrogen and oxygen atoms in total. The van der Waals surface area contributed by atoms with Gasteiger partial charge in [-0.3, -0.25) is 9.20 Å². The van der Waals surface area contributed by atoms with Gasteiger partial charge in [-0.25, -0.2) is 0 Å². The molecule has 1 aliphatic rings. The highest BCUT2D eigenvalue weighted by atomic mass is 32.2. The van der Waals surface area contributed by atoms with Crippen molar-refractivity contribution in [2.45, 2.75) is 61.7 Å². The Morgan fingerprint density at radius 1 is 1.28 bits per heavy atom. The number of hydrogen-bond donors (Lipinski definition) is 1. The van der Waals surface area contributed by atoms with E-state index in [0.29, 0.717) is 5.65 Å². The van der Waals surface area contributed by atoms with E-state index in [1.54, 1.807) is 6.92 Å². The summed E-state index contributed by atoms with van der Waals surface area (Å²) in [7, 11) is 0. The summed E-state index contributed by atoms with van der Waals surface area (Å²) < 4.78 is 39.9. The summed E-state index contributed by atoms with van der Waals surface area (Å²) in [5.41, 5.74) is -0.462. The van der Waals surface area contributed by atoms with Crippen LogP contribution in [0.1, 0.15) is 44.6 Å². The average molecular weight is 372 g/mol. The number of carbonyl (C=O) groups excluding carboxylic acids is 1. The van der Waals surface area contributed by atoms with Crippen LogP contribution < -0.4 is 5.32 Å². The Balaban J connectivity index is 1.72. The first kappa shape index (κ1) is 18.0. The third-order valence-electron chi connectivity index (χ3n) is 4.30. The highest BCUT2D eigenvalue weighted by Crippen LogP contribution is 2.31. The molecule has 0 aliphatic heterocycles. The normalized spacial score (nSPS) is 17.6. The number of alkyl halides is 3. The quantitative estimate of drug-likeness (QED) is 0.832. The molecule has 136 valence electrons. The maximum absolute atomic E-state index is 12.9. The Labute approximate surface area is 147 Å². The zero-order chi connectivity index (χ0) is 18.0. The summed E-state index contributed by atoms with van der Waals surface area (Å²) in [4.78, 5) is 12.3. The lowest BCUT2D eigenvalue weighted by Gasteiger charge is -2.24. The van der Waals surface area contributed by atoms with Crippen molar-refractivity contribution in [3.8, 4) is 0 Å². The van der Waals surface area contributed by atoms with Crippen LogP contribution in [-0.4, -0.2) is 31.8 Å². The summed E-state index contributed by atoms with van der Waals surface area (Å²) >= 11 is 1.11. The van der Waals surface area contributed by atoms with Crippen molar-refractivity contribution in [2.24, 2.45) is 0 Å². The van der Waals surface area contributed by atoms with Crippen LogP contribution in [0.15, 0.2) is 23.5 Å². The number of pyridine rings is 1. The first-order valence-corrected chi connectivity index (χ1v) is 9.11. The third kappa shape index (κ3) is 4.26. The van der Waals surface area contributed by atoms with E-state index in [9.17, 15) is 18.0 Å². The van der Waals surface area contributed by atoms with Crippen LogP contribution in [0.3, 0.4) is 0 Å². The van der Waals surface area contributed by atoms with Gasteiger partial charge in [0.25, 0.3) is 0 Å². The summed E-state index contributed by atoms with van der Waals surface area (Å²) in [5.74, 6) is -0.124. The summed E-state index contributed by atoms with van der Waals surface area (Å²) in [6, 6.07) is 2.43. The fourth-order valence-corrected chi connectivity index (χ4v) is 3.73. The van der Waals surface area contributed by atoms with Gasteiger partial charge in [-0.05, 0) is 31.9 Å². The van der Waals surface area contributed by atoms with Gasteiger partial charge >= 0.3 is 6.18 Å². The van der Waals surface area contributed by atoms with Gasteiger partial charge < -0.3 is 5.32 Å². The van der Waals surface area contributed by atoms with E-state index in [2.05, 4.69) is 15.5 Å². The molecule has 0 saturated heterocycles. The summed E-state index contributed by atoms with van der Waals surface area (Å²) in [5, 5.41) is 10.6. The minimum atomic E-state index is -4.44.